The van der Waals surface area contributed by atoms with Crippen LogP contribution in [-0.2, 0) is 16.1 Å². The molecule has 1 aromatic rings. The van der Waals surface area contributed by atoms with Crippen molar-refractivity contribution in [2.45, 2.75) is 26.4 Å². The van der Waals surface area contributed by atoms with Gasteiger partial charge in [-0.1, -0.05) is 0 Å². The molecule has 0 saturated heterocycles. The van der Waals surface area contributed by atoms with Crippen molar-refractivity contribution in [2.75, 3.05) is 34.4 Å². The lowest BCUT2D eigenvalue weighted by atomic mass is 10.0. The number of rotatable bonds is 8. The highest BCUT2D eigenvalue weighted by molar-refractivity contribution is 5.94. The minimum absolute atomic E-state index is 0.282. The maximum absolute atomic E-state index is 12.3. The predicted octanol–water partition coefficient (Wildman–Crippen LogP) is 0.237. The van der Waals surface area contributed by atoms with Crippen molar-refractivity contribution >= 4 is 12.0 Å². The zero-order chi connectivity index (χ0) is 20.0. The Bertz CT molecular complexity index is 732. The molecule has 2 amide bonds. The van der Waals surface area contributed by atoms with E-state index in [4.69, 9.17) is 14.2 Å². The molecule has 2 rings (SSSR count). The number of hydrogen-bond acceptors (Lipinski definition) is 5. The van der Waals surface area contributed by atoms with E-state index >= 15 is 0 Å². The van der Waals surface area contributed by atoms with Crippen LogP contribution in [0.5, 0.6) is 11.5 Å². The maximum Gasteiger partial charge on any atom is 0.338 e. The Morgan fingerprint density at radius 1 is 1.19 bits per heavy atom. The van der Waals surface area contributed by atoms with Gasteiger partial charge in [-0.05, 0) is 32.0 Å². The van der Waals surface area contributed by atoms with Crippen LogP contribution in [0, 0.1) is 0 Å². The molecule has 2 atom stereocenters. The molecule has 27 heavy (non-hydrogen) atoms. The van der Waals surface area contributed by atoms with Gasteiger partial charge in [0.15, 0.2) is 11.5 Å². The van der Waals surface area contributed by atoms with Crippen LogP contribution in [-0.4, -0.2) is 52.5 Å². The molecule has 0 bridgehead atoms. The van der Waals surface area contributed by atoms with Crippen molar-refractivity contribution in [2.24, 2.45) is 0 Å². The zero-order valence-corrected chi connectivity index (χ0v) is 16.5. The second kappa shape index (κ2) is 9.27. The number of likely N-dealkylation sites (N-methyl/N-ethyl adjacent to an activating group) is 1. The lowest BCUT2D eigenvalue weighted by Crippen LogP contribution is -3.08. The number of hydrogen-bond donors (Lipinski definition) is 3. The molecule has 1 aliphatic heterocycles. The molecule has 1 heterocycles. The summed E-state index contributed by atoms with van der Waals surface area (Å²) in [7, 11) is 5.19. The van der Waals surface area contributed by atoms with Gasteiger partial charge in [-0.3, -0.25) is 0 Å². The minimum Gasteiger partial charge on any atom is -0.493 e. The number of carbonyl (C=O) groups is 2. The van der Waals surface area contributed by atoms with Crippen molar-refractivity contribution < 1.29 is 28.7 Å². The summed E-state index contributed by atoms with van der Waals surface area (Å²) in [6.07, 6.45) is 0. The van der Waals surface area contributed by atoms with Gasteiger partial charge < -0.3 is 29.7 Å². The molecule has 0 spiro atoms. The normalized spacial score (nSPS) is 17.7. The molecule has 0 fully saturated rings. The topological polar surface area (TPSA) is 90.3 Å². The second-order valence-corrected chi connectivity index (χ2v) is 6.43. The lowest BCUT2D eigenvalue weighted by Gasteiger charge is -2.27. The number of nitrogens with one attached hydrogen (secondary N) is 3. The van der Waals surface area contributed by atoms with Gasteiger partial charge >= 0.3 is 12.0 Å². The van der Waals surface area contributed by atoms with Crippen LogP contribution >= 0.6 is 0 Å². The molecule has 0 radical (unpaired) electrons. The summed E-state index contributed by atoms with van der Waals surface area (Å²) in [5.74, 6) is 0.926. The molecule has 0 aromatic heterocycles. The van der Waals surface area contributed by atoms with E-state index < -0.39 is 12.0 Å². The highest BCUT2D eigenvalue weighted by Crippen LogP contribution is 2.27. The van der Waals surface area contributed by atoms with Gasteiger partial charge in [0.2, 0.25) is 0 Å². The van der Waals surface area contributed by atoms with Crippen molar-refractivity contribution in [3.8, 4) is 11.5 Å². The fourth-order valence-corrected chi connectivity index (χ4v) is 3.12. The Labute approximate surface area is 159 Å². The van der Waals surface area contributed by atoms with E-state index in [1.165, 1.54) is 0 Å². The van der Waals surface area contributed by atoms with Gasteiger partial charge in [0.1, 0.15) is 13.1 Å². The molecule has 148 valence electrons. The first-order valence-corrected chi connectivity index (χ1v) is 8.89. The van der Waals surface area contributed by atoms with Crippen LogP contribution in [0.1, 0.15) is 19.4 Å². The number of carbonyl (C=O) groups excluding carboxylic acids is 2. The summed E-state index contributed by atoms with van der Waals surface area (Å²) in [6.45, 7) is 4.96. The van der Waals surface area contributed by atoms with E-state index in [0.29, 0.717) is 35.9 Å². The van der Waals surface area contributed by atoms with Crippen LogP contribution in [0.15, 0.2) is 29.5 Å². The number of urea groups is 1. The number of ether oxygens (including phenoxy) is 3. The third-order valence-corrected chi connectivity index (χ3v) is 4.30. The van der Waals surface area contributed by atoms with E-state index in [0.717, 1.165) is 10.5 Å². The number of amides is 2. The lowest BCUT2D eigenvalue weighted by molar-refractivity contribution is -0.889. The summed E-state index contributed by atoms with van der Waals surface area (Å²) in [6, 6.07) is 5.03. The first-order valence-electron chi connectivity index (χ1n) is 8.89. The molecule has 3 N–H and O–H groups in total. The third-order valence-electron chi connectivity index (χ3n) is 4.30. The highest BCUT2D eigenvalue weighted by Gasteiger charge is 2.31. The van der Waals surface area contributed by atoms with Crippen LogP contribution in [0.2, 0.25) is 0 Å². The van der Waals surface area contributed by atoms with Crippen LogP contribution in [0.25, 0.3) is 0 Å². The van der Waals surface area contributed by atoms with E-state index in [2.05, 4.69) is 10.6 Å². The third kappa shape index (κ3) is 5.13. The molecule has 1 aliphatic rings. The number of esters is 1. The van der Waals surface area contributed by atoms with Gasteiger partial charge in [-0.25, -0.2) is 9.59 Å². The Balaban J connectivity index is 2.18. The molecular formula is C19H28N3O5+. The largest absolute Gasteiger partial charge is 0.493 e. The van der Waals surface area contributed by atoms with Gasteiger partial charge in [0.25, 0.3) is 0 Å². The smallest absolute Gasteiger partial charge is 0.338 e. The molecule has 1 unspecified atom stereocenters. The standard InChI is InChI=1S/C19H27N3O5/c1-6-27-18(23)17-12(2)20-19(24)21-14(17)11-22(3)10-13-7-8-15(25-4)16(9-13)26-5/h7-9,12H,6,10-11H2,1-5H3,(H2,20,21,24)/p+1/t12-/m1/s1. The van der Waals surface area contributed by atoms with Crippen molar-refractivity contribution in [1.82, 2.24) is 10.6 Å². The minimum atomic E-state index is -0.411. The van der Waals surface area contributed by atoms with E-state index in [1.807, 2.05) is 25.2 Å². The molecular weight excluding hydrogens is 350 g/mol. The summed E-state index contributed by atoms with van der Waals surface area (Å²) >= 11 is 0. The zero-order valence-electron chi connectivity index (χ0n) is 16.5. The fourth-order valence-electron chi connectivity index (χ4n) is 3.12. The van der Waals surface area contributed by atoms with Gasteiger partial charge in [0.05, 0.1) is 45.2 Å². The first kappa shape index (κ1) is 20.6. The molecule has 8 heteroatoms. The van der Waals surface area contributed by atoms with Gasteiger partial charge in [-0.15, -0.1) is 0 Å². The molecule has 0 aliphatic carbocycles. The Morgan fingerprint density at radius 2 is 1.89 bits per heavy atom. The van der Waals surface area contributed by atoms with Crippen molar-refractivity contribution in [1.29, 1.82) is 0 Å². The second-order valence-electron chi connectivity index (χ2n) is 6.43. The Morgan fingerprint density at radius 3 is 2.52 bits per heavy atom. The van der Waals surface area contributed by atoms with Gasteiger partial charge in [0, 0.05) is 5.56 Å². The van der Waals surface area contributed by atoms with E-state index in [1.54, 1.807) is 28.1 Å². The first-order chi connectivity index (χ1) is 12.9. The summed E-state index contributed by atoms with van der Waals surface area (Å²) in [5.41, 5.74) is 2.10. The molecule has 0 saturated carbocycles. The van der Waals surface area contributed by atoms with Crippen molar-refractivity contribution in [3.05, 3.63) is 35.0 Å². The predicted molar refractivity (Wildman–Crippen MR) is 99.8 cm³/mol. The SMILES string of the molecule is CCOC(=O)C1=C(C[NH+](C)Cc2ccc(OC)c(OC)c2)NC(=O)N[C@@H]1C. The van der Waals surface area contributed by atoms with Crippen molar-refractivity contribution in [3.63, 3.8) is 0 Å². The summed E-state index contributed by atoms with van der Waals surface area (Å²) in [5, 5.41) is 5.46. The number of methoxy groups -OCH3 is 2. The van der Waals surface area contributed by atoms with Crippen LogP contribution in [0.4, 0.5) is 4.79 Å². The average molecular weight is 378 g/mol. The summed E-state index contributed by atoms with van der Waals surface area (Å²) in [4.78, 5) is 25.3. The molecule has 1 aromatic carbocycles. The fraction of sp³-hybridized carbons (Fsp3) is 0.474. The quantitative estimate of drug-likeness (QED) is 0.564. The highest BCUT2D eigenvalue weighted by atomic mass is 16.5. The van der Waals surface area contributed by atoms with E-state index in [-0.39, 0.29) is 12.6 Å². The monoisotopic (exact) mass is 378 g/mol. The van der Waals surface area contributed by atoms with Crippen LogP contribution < -0.4 is 25.0 Å². The Hall–Kier alpha value is -2.74. The van der Waals surface area contributed by atoms with E-state index in [9.17, 15) is 9.59 Å². The average Bonchev–Trinajstić information content (AvgIpc) is 2.61. The summed E-state index contributed by atoms with van der Waals surface area (Å²) < 4.78 is 15.7. The number of quaternary nitrogens is 1. The van der Waals surface area contributed by atoms with Crippen LogP contribution in [0.3, 0.4) is 0 Å². The van der Waals surface area contributed by atoms with Gasteiger partial charge in [-0.2, -0.15) is 0 Å². The molecule has 8 nitrogen and oxygen atoms in total. The Kier molecular flexibility index (Phi) is 7.06. The number of benzene rings is 1. The maximum atomic E-state index is 12.3.